The molecular weight excluding hydrogens is 220 g/mol. The van der Waals surface area contributed by atoms with Crippen molar-refractivity contribution in [3.8, 4) is 0 Å². The molecule has 0 amide bonds. The fourth-order valence-corrected chi connectivity index (χ4v) is 3.37. The van der Waals surface area contributed by atoms with Crippen LogP contribution in [0.25, 0.3) is 0 Å². The summed E-state index contributed by atoms with van der Waals surface area (Å²) < 4.78 is 0. The number of rotatable bonds is 3. The standard InChI is InChI=1S/C16H24N2/c1-3-16(2)12-18(9-8-17-16)11-14-10-13-6-4-5-7-15(13)14/h4-7,14,17H,3,8-12H2,1-2H3. The number of hydrogen-bond donors (Lipinski definition) is 1. The molecule has 98 valence electrons. The third-order valence-electron chi connectivity index (χ3n) is 4.77. The fourth-order valence-electron chi connectivity index (χ4n) is 3.37. The molecule has 2 aliphatic rings. The van der Waals surface area contributed by atoms with Gasteiger partial charge in [0.25, 0.3) is 0 Å². The quantitative estimate of drug-likeness (QED) is 0.878. The number of piperazine rings is 1. The summed E-state index contributed by atoms with van der Waals surface area (Å²) in [7, 11) is 0. The number of benzene rings is 1. The van der Waals surface area contributed by atoms with Crippen molar-refractivity contribution in [3.63, 3.8) is 0 Å². The van der Waals surface area contributed by atoms with Gasteiger partial charge < -0.3 is 5.32 Å². The van der Waals surface area contributed by atoms with Gasteiger partial charge in [-0.25, -0.2) is 0 Å². The number of nitrogens with zero attached hydrogens (tertiary/aromatic N) is 1. The van der Waals surface area contributed by atoms with Crippen LogP contribution >= 0.6 is 0 Å². The topological polar surface area (TPSA) is 15.3 Å². The van der Waals surface area contributed by atoms with Gasteiger partial charge in [0, 0.05) is 37.6 Å². The van der Waals surface area contributed by atoms with Crippen molar-refractivity contribution in [2.45, 2.75) is 38.1 Å². The first-order chi connectivity index (χ1) is 8.70. The Kier molecular flexibility index (Phi) is 3.16. The Labute approximate surface area is 110 Å². The van der Waals surface area contributed by atoms with Crippen LogP contribution < -0.4 is 5.32 Å². The van der Waals surface area contributed by atoms with E-state index in [1.807, 2.05) is 0 Å². The molecule has 3 rings (SSSR count). The van der Waals surface area contributed by atoms with E-state index in [9.17, 15) is 0 Å². The molecule has 2 heteroatoms. The van der Waals surface area contributed by atoms with Crippen LogP contribution in [0.15, 0.2) is 24.3 Å². The Morgan fingerprint density at radius 1 is 1.39 bits per heavy atom. The van der Waals surface area contributed by atoms with Crippen LogP contribution in [0.3, 0.4) is 0 Å². The lowest BCUT2D eigenvalue weighted by atomic mass is 9.77. The molecular formula is C16H24N2. The van der Waals surface area contributed by atoms with E-state index in [0.717, 1.165) is 12.5 Å². The largest absolute Gasteiger partial charge is 0.309 e. The fraction of sp³-hybridized carbons (Fsp3) is 0.625. The Balaban J connectivity index is 1.62. The molecule has 1 saturated heterocycles. The molecule has 2 unspecified atom stereocenters. The van der Waals surface area contributed by atoms with E-state index in [0.29, 0.717) is 5.54 Å². The minimum Gasteiger partial charge on any atom is -0.309 e. The van der Waals surface area contributed by atoms with Crippen molar-refractivity contribution in [2.24, 2.45) is 0 Å². The Bertz CT molecular complexity index is 429. The normalized spacial score (nSPS) is 31.8. The third-order valence-corrected chi connectivity index (χ3v) is 4.77. The molecule has 1 aliphatic heterocycles. The summed E-state index contributed by atoms with van der Waals surface area (Å²) in [6.45, 7) is 9.42. The molecule has 18 heavy (non-hydrogen) atoms. The van der Waals surface area contributed by atoms with E-state index >= 15 is 0 Å². The summed E-state index contributed by atoms with van der Waals surface area (Å²) in [6, 6.07) is 8.93. The van der Waals surface area contributed by atoms with Gasteiger partial charge in [0.2, 0.25) is 0 Å². The van der Waals surface area contributed by atoms with Gasteiger partial charge in [-0.05, 0) is 30.9 Å². The smallest absolute Gasteiger partial charge is 0.0278 e. The van der Waals surface area contributed by atoms with E-state index < -0.39 is 0 Å². The molecule has 0 aromatic heterocycles. The van der Waals surface area contributed by atoms with Crippen molar-refractivity contribution < 1.29 is 0 Å². The molecule has 2 atom stereocenters. The van der Waals surface area contributed by atoms with Gasteiger partial charge >= 0.3 is 0 Å². The van der Waals surface area contributed by atoms with E-state index in [1.165, 1.54) is 32.5 Å². The summed E-state index contributed by atoms with van der Waals surface area (Å²) in [4.78, 5) is 2.65. The van der Waals surface area contributed by atoms with Crippen LogP contribution in [0.1, 0.15) is 37.3 Å². The Morgan fingerprint density at radius 3 is 3.00 bits per heavy atom. The zero-order valence-electron chi connectivity index (χ0n) is 11.6. The zero-order chi connectivity index (χ0) is 12.6. The molecule has 1 N–H and O–H groups in total. The molecule has 0 spiro atoms. The van der Waals surface area contributed by atoms with Crippen molar-refractivity contribution in [1.29, 1.82) is 0 Å². The van der Waals surface area contributed by atoms with Gasteiger partial charge in [-0.15, -0.1) is 0 Å². The second-order valence-electron chi connectivity index (χ2n) is 6.18. The average molecular weight is 244 g/mol. The van der Waals surface area contributed by atoms with Gasteiger partial charge in [0.15, 0.2) is 0 Å². The lowest BCUT2D eigenvalue weighted by Crippen LogP contribution is -2.59. The maximum atomic E-state index is 3.66. The first-order valence-electron chi connectivity index (χ1n) is 7.25. The highest BCUT2D eigenvalue weighted by atomic mass is 15.2. The van der Waals surface area contributed by atoms with Gasteiger partial charge in [-0.1, -0.05) is 31.2 Å². The SMILES string of the molecule is CCC1(C)CN(CC2Cc3ccccc32)CCN1. The monoisotopic (exact) mass is 244 g/mol. The van der Waals surface area contributed by atoms with Gasteiger partial charge in [-0.3, -0.25) is 4.90 Å². The maximum absolute atomic E-state index is 3.66. The highest BCUT2D eigenvalue weighted by Crippen LogP contribution is 2.35. The van der Waals surface area contributed by atoms with Crippen molar-refractivity contribution in [1.82, 2.24) is 10.2 Å². The number of nitrogens with one attached hydrogen (secondary N) is 1. The van der Waals surface area contributed by atoms with Crippen LogP contribution in [0.5, 0.6) is 0 Å². The molecule has 2 nitrogen and oxygen atoms in total. The lowest BCUT2D eigenvalue weighted by Gasteiger charge is -2.44. The summed E-state index contributed by atoms with van der Waals surface area (Å²) in [6.07, 6.45) is 2.49. The molecule has 0 saturated carbocycles. The summed E-state index contributed by atoms with van der Waals surface area (Å²) in [5.41, 5.74) is 3.48. The predicted octanol–water partition coefficient (Wildman–Crippen LogP) is 2.40. The Hall–Kier alpha value is -0.860. The minimum absolute atomic E-state index is 0.321. The van der Waals surface area contributed by atoms with Gasteiger partial charge in [0.05, 0.1) is 0 Å². The minimum atomic E-state index is 0.321. The van der Waals surface area contributed by atoms with Crippen LogP contribution in [-0.4, -0.2) is 36.6 Å². The first kappa shape index (κ1) is 12.2. The zero-order valence-corrected chi connectivity index (χ0v) is 11.6. The van der Waals surface area contributed by atoms with Crippen LogP contribution in [-0.2, 0) is 6.42 Å². The summed E-state index contributed by atoms with van der Waals surface area (Å²) in [5.74, 6) is 0.778. The van der Waals surface area contributed by atoms with E-state index in [-0.39, 0.29) is 0 Å². The van der Waals surface area contributed by atoms with Gasteiger partial charge in [0.1, 0.15) is 0 Å². The molecule has 0 bridgehead atoms. The second kappa shape index (κ2) is 4.67. The molecule has 1 aromatic carbocycles. The van der Waals surface area contributed by atoms with Gasteiger partial charge in [-0.2, -0.15) is 0 Å². The van der Waals surface area contributed by atoms with E-state index in [4.69, 9.17) is 0 Å². The number of hydrogen-bond acceptors (Lipinski definition) is 2. The third kappa shape index (κ3) is 2.19. The van der Waals surface area contributed by atoms with Crippen molar-refractivity contribution in [2.75, 3.05) is 26.2 Å². The number of fused-ring (bicyclic) bond motifs is 1. The van der Waals surface area contributed by atoms with E-state index in [1.54, 1.807) is 11.1 Å². The average Bonchev–Trinajstić information content (AvgIpc) is 2.36. The summed E-state index contributed by atoms with van der Waals surface area (Å²) in [5, 5.41) is 3.66. The summed E-state index contributed by atoms with van der Waals surface area (Å²) >= 11 is 0. The van der Waals surface area contributed by atoms with Crippen molar-refractivity contribution in [3.05, 3.63) is 35.4 Å². The second-order valence-corrected chi connectivity index (χ2v) is 6.18. The maximum Gasteiger partial charge on any atom is 0.0278 e. The highest BCUT2D eigenvalue weighted by molar-refractivity contribution is 5.40. The van der Waals surface area contributed by atoms with Crippen LogP contribution in [0.4, 0.5) is 0 Å². The predicted molar refractivity (Wildman–Crippen MR) is 76.0 cm³/mol. The van der Waals surface area contributed by atoms with Crippen LogP contribution in [0, 0.1) is 0 Å². The molecule has 1 aliphatic carbocycles. The van der Waals surface area contributed by atoms with Crippen LogP contribution in [0.2, 0.25) is 0 Å². The molecule has 1 heterocycles. The molecule has 1 aromatic rings. The highest BCUT2D eigenvalue weighted by Gasteiger charge is 2.32. The molecule has 1 fully saturated rings. The molecule has 0 radical (unpaired) electrons. The lowest BCUT2D eigenvalue weighted by molar-refractivity contribution is 0.130. The van der Waals surface area contributed by atoms with E-state index in [2.05, 4.69) is 48.3 Å². The van der Waals surface area contributed by atoms with Crippen molar-refractivity contribution >= 4 is 0 Å². The first-order valence-corrected chi connectivity index (χ1v) is 7.25. The Morgan fingerprint density at radius 2 is 2.22 bits per heavy atom.